The largest absolute Gasteiger partial charge is 0.497 e. The number of nitrogens with zero attached hydrogens (tertiary/aromatic N) is 1. The van der Waals surface area contributed by atoms with Crippen molar-refractivity contribution >= 4 is 0 Å². The predicted octanol–water partition coefficient (Wildman–Crippen LogP) is 2.76. The van der Waals surface area contributed by atoms with Gasteiger partial charge in [-0.25, -0.2) is 0 Å². The van der Waals surface area contributed by atoms with E-state index in [1.807, 2.05) is 18.2 Å². The van der Waals surface area contributed by atoms with Gasteiger partial charge in [0, 0.05) is 24.6 Å². The normalized spacial score (nSPS) is 29.6. The monoisotopic (exact) mass is 291 g/mol. The van der Waals surface area contributed by atoms with Crippen LogP contribution in [0.1, 0.15) is 44.3 Å². The van der Waals surface area contributed by atoms with Crippen molar-refractivity contribution in [2.24, 2.45) is 0 Å². The second kappa shape index (κ2) is 5.85. The van der Waals surface area contributed by atoms with Crippen LogP contribution in [0.3, 0.4) is 0 Å². The highest BCUT2D eigenvalue weighted by Gasteiger charge is 2.41. The first-order valence-corrected chi connectivity index (χ1v) is 7.93. The highest BCUT2D eigenvalue weighted by Crippen LogP contribution is 2.45. The minimum absolute atomic E-state index is 0.220. The molecule has 2 aliphatic rings. The third-order valence-electron chi connectivity index (χ3n) is 4.91. The lowest BCUT2D eigenvalue weighted by atomic mass is 9.83. The van der Waals surface area contributed by atoms with E-state index in [0.29, 0.717) is 6.42 Å². The summed E-state index contributed by atoms with van der Waals surface area (Å²) < 4.78 is 11.7. The first-order valence-electron chi connectivity index (χ1n) is 7.93. The van der Waals surface area contributed by atoms with Crippen LogP contribution in [-0.4, -0.2) is 42.4 Å². The molecule has 0 saturated carbocycles. The maximum Gasteiger partial charge on any atom is 0.129 e. The fourth-order valence-electron chi connectivity index (χ4n) is 3.59. The molecule has 0 aliphatic carbocycles. The van der Waals surface area contributed by atoms with Crippen molar-refractivity contribution in [1.29, 1.82) is 0 Å². The molecule has 3 rings (SSSR count). The van der Waals surface area contributed by atoms with Gasteiger partial charge in [0.05, 0.1) is 13.2 Å². The fourth-order valence-corrected chi connectivity index (χ4v) is 3.59. The third-order valence-corrected chi connectivity index (χ3v) is 4.91. The molecule has 2 heterocycles. The zero-order valence-corrected chi connectivity index (χ0v) is 13.0. The van der Waals surface area contributed by atoms with Crippen LogP contribution in [0.5, 0.6) is 11.5 Å². The lowest BCUT2D eigenvalue weighted by Gasteiger charge is -2.40. The molecule has 2 aliphatic heterocycles. The summed E-state index contributed by atoms with van der Waals surface area (Å²) in [5, 5.41) is 10.5. The van der Waals surface area contributed by atoms with E-state index >= 15 is 0 Å². The van der Waals surface area contributed by atoms with Crippen LogP contribution >= 0.6 is 0 Å². The molecular formula is C17H25NO3. The number of hydrogen-bond acceptors (Lipinski definition) is 4. The molecule has 4 nitrogen and oxygen atoms in total. The SMILES string of the molecule is CCN1CCCC2(CC1)C[C@H](O)c1ccc(OC)cc1O2. The summed E-state index contributed by atoms with van der Waals surface area (Å²) in [6.45, 7) is 5.46. The maximum atomic E-state index is 10.5. The fraction of sp³-hybridized carbons (Fsp3) is 0.647. The number of fused-ring (bicyclic) bond motifs is 1. The van der Waals surface area contributed by atoms with Gasteiger partial charge in [-0.2, -0.15) is 0 Å². The summed E-state index contributed by atoms with van der Waals surface area (Å²) in [4.78, 5) is 2.46. The summed E-state index contributed by atoms with van der Waals surface area (Å²) in [6, 6.07) is 5.71. The molecule has 1 saturated heterocycles. The van der Waals surface area contributed by atoms with Crippen LogP contribution in [0.25, 0.3) is 0 Å². The first kappa shape index (κ1) is 14.7. The van der Waals surface area contributed by atoms with E-state index in [9.17, 15) is 5.11 Å². The van der Waals surface area contributed by atoms with Gasteiger partial charge in [-0.15, -0.1) is 0 Å². The van der Waals surface area contributed by atoms with Crippen molar-refractivity contribution in [3.8, 4) is 11.5 Å². The summed E-state index contributed by atoms with van der Waals surface area (Å²) in [6.07, 6.45) is 3.38. The van der Waals surface area contributed by atoms with Crippen LogP contribution < -0.4 is 9.47 Å². The Morgan fingerprint density at radius 1 is 1.38 bits per heavy atom. The number of ether oxygens (including phenoxy) is 2. The summed E-state index contributed by atoms with van der Waals surface area (Å²) in [5.74, 6) is 1.57. The molecule has 4 heteroatoms. The van der Waals surface area contributed by atoms with Crippen molar-refractivity contribution < 1.29 is 14.6 Å². The van der Waals surface area contributed by atoms with Crippen molar-refractivity contribution in [2.45, 2.75) is 44.3 Å². The first-order chi connectivity index (χ1) is 10.2. The van der Waals surface area contributed by atoms with Crippen LogP contribution in [0.4, 0.5) is 0 Å². The molecule has 0 amide bonds. The zero-order valence-electron chi connectivity index (χ0n) is 13.0. The number of likely N-dealkylation sites (tertiary alicyclic amines) is 1. The van der Waals surface area contributed by atoms with Gasteiger partial charge >= 0.3 is 0 Å². The average molecular weight is 291 g/mol. The van der Waals surface area contributed by atoms with Crippen LogP contribution in [-0.2, 0) is 0 Å². The lowest BCUT2D eigenvalue weighted by molar-refractivity contribution is -0.0239. The molecule has 0 aromatic heterocycles. The van der Waals surface area contributed by atoms with Crippen molar-refractivity contribution in [3.63, 3.8) is 0 Å². The van der Waals surface area contributed by atoms with Crippen molar-refractivity contribution in [1.82, 2.24) is 4.90 Å². The Morgan fingerprint density at radius 2 is 2.24 bits per heavy atom. The van der Waals surface area contributed by atoms with E-state index < -0.39 is 6.10 Å². The second-order valence-corrected chi connectivity index (χ2v) is 6.20. The van der Waals surface area contributed by atoms with Gasteiger partial charge < -0.3 is 19.5 Å². The maximum absolute atomic E-state index is 10.5. The third kappa shape index (κ3) is 2.87. The summed E-state index contributed by atoms with van der Waals surface area (Å²) >= 11 is 0. The summed E-state index contributed by atoms with van der Waals surface area (Å²) in [7, 11) is 1.65. The van der Waals surface area contributed by atoms with Crippen LogP contribution in [0.15, 0.2) is 18.2 Å². The van der Waals surface area contributed by atoms with E-state index in [0.717, 1.165) is 56.0 Å². The molecule has 116 valence electrons. The molecule has 0 bridgehead atoms. The van der Waals surface area contributed by atoms with Gasteiger partial charge in [0.25, 0.3) is 0 Å². The Labute approximate surface area is 126 Å². The molecule has 1 unspecified atom stereocenters. The van der Waals surface area contributed by atoms with Crippen molar-refractivity contribution in [2.75, 3.05) is 26.7 Å². The van der Waals surface area contributed by atoms with E-state index in [1.54, 1.807) is 7.11 Å². The Balaban J connectivity index is 1.86. The Kier molecular flexibility index (Phi) is 4.09. The highest BCUT2D eigenvalue weighted by molar-refractivity contribution is 5.44. The van der Waals surface area contributed by atoms with Gasteiger partial charge in [-0.1, -0.05) is 6.92 Å². The predicted molar refractivity (Wildman–Crippen MR) is 81.9 cm³/mol. The van der Waals surface area contributed by atoms with Gasteiger partial charge in [0.15, 0.2) is 0 Å². The van der Waals surface area contributed by atoms with Crippen molar-refractivity contribution in [3.05, 3.63) is 23.8 Å². The Hall–Kier alpha value is -1.26. The second-order valence-electron chi connectivity index (χ2n) is 6.20. The Bertz CT molecular complexity index is 505. The number of methoxy groups -OCH3 is 1. The lowest BCUT2D eigenvalue weighted by Crippen LogP contribution is -2.42. The molecule has 1 fully saturated rings. The molecule has 2 atom stereocenters. The van der Waals surface area contributed by atoms with Gasteiger partial charge in [0.2, 0.25) is 0 Å². The van der Waals surface area contributed by atoms with Crippen LogP contribution in [0.2, 0.25) is 0 Å². The molecule has 1 aromatic carbocycles. The minimum Gasteiger partial charge on any atom is -0.497 e. The van der Waals surface area contributed by atoms with E-state index in [2.05, 4.69) is 11.8 Å². The van der Waals surface area contributed by atoms with Crippen LogP contribution in [0, 0.1) is 0 Å². The number of benzene rings is 1. The molecule has 21 heavy (non-hydrogen) atoms. The smallest absolute Gasteiger partial charge is 0.129 e. The van der Waals surface area contributed by atoms with Gasteiger partial charge in [-0.3, -0.25) is 0 Å². The quantitative estimate of drug-likeness (QED) is 0.910. The summed E-state index contributed by atoms with van der Waals surface area (Å²) in [5.41, 5.74) is 0.668. The molecule has 1 spiro atoms. The minimum atomic E-state index is -0.437. The molecule has 0 radical (unpaired) electrons. The highest BCUT2D eigenvalue weighted by atomic mass is 16.5. The number of aliphatic hydroxyl groups is 1. The molecular weight excluding hydrogens is 266 g/mol. The Morgan fingerprint density at radius 3 is 3.00 bits per heavy atom. The number of rotatable bonds is 2. The molecule has 1 N–H and O–H groups in total. The number of aliphatic hydroxyl groups excluding tert-OH is 1. The standard InChI is InChI=1S/C17H25NO3/c1-3-18-9-4-7-17(8-10-18)12-15(19)14-6-5-13(20-2)11-16(14)21-17/h5-6,11,15,19H,3-4,7-10,12H2,1-2H3/t15-,17?/m0/s1. The van der Waals surface area contributed by atoms with Gasteiger partial charge in [0.1, 0.15) is 17.1 Å². The average Bonchev–Trinajstić information content (AvgIpc) is 2.69. The number of hydrogen-bond donors (Lipinski definition) is 1. The zero-order chi connectivity index (χ0) is 14.9. The van der Waals surface area contributed by atoms with E-state index in [4.69, 9.17) is 9.47 Å². The van der Waals surface area contributed by atoms with E-state index in [-0.39, 0.29) is 5.60 Å². The molecule has 1 aromatic rings. The topological polar surface area (TPSA) is 41.9 Å². The van der Waals surface area contributed by atoms with E-state index in [1.165, 1.54) is 0 Å². The van der Waals surface area contributed by atoms with Gasteiger partial charge in [-0.05, 0) is 44.5 Å².